The van der Waals surface area contributed by atoms with E-state index in [0.29, 0.717) is 12.1 Å². The molecule has 1 saturated heterocycles. The number of piperazine rings is 1. The van der Waals surface area contributed by atoms with Crippen LogP contribution in [-0.4, -0.2) is 61.2 Å². The Kier molecular flexibility index (Phi) is 6.45. The Hall–Kier alpha value is -2.70. The van der Waals surface area contributed by atoms with Gasteiger partial charge >= 0.3 is 0 Å². The van der Waals surface area contributed by atoms with Crippen molar-refractivity contribution in [2.24, 2.45) is 5.10 Å². The minimum atomic E-state index is -0.0490. The van der Waals surface area contributed by atoms with Crippen LogP contribution in [0, 0.1) is 0 Å². The van der Waals surface area contributed by atoms with Crippen LogP contribution < -0.4 is 10.3 Å². The van der Waals surface area contributed by atoms with Crippen molar-refractivity contribution in [3.63, 3.8) is 0 Å². The van der Waals surface area contributed by atoms with Gasteiger partial charge in [0.1, 0.15) is 0 Å². The van der Waals surface area contributed by atoms with Gasteiger partial charge in [-0.25, -0.2) is 0 Å². The number of hydrazone groups is 1. The molecule has 0 saturated carbocycles. The first-order valence-electron chi connectivity index (χ1n) is 10.8. The predicted octanol–water partition coefficient (Wildman–Crippen LogP) is 2.95. The summed E-state index contributed by atoms with van der Waals surface area (Å²) in [5.74, 6) is -0.0490. The van der Waals surface area contributed by atoms with Gasteiger partial charge in [-0.2, -0.15) is 5.10 Å². The fourth-order valence-electron chi connectivity index (χ4n) is 3.93. The van der Waals surface area contributed by atoms with E-state index in [1.807, 2.05) is 36.2 Å². The zero-order valence-corrected chi connectivity index (χ0v) is 18.0. The van der Waals surface area contributed by atoms with Gasteiger partial charge in [-0.15, -0.1) is 0 Å². The van der Waals surface area contributed by atoms with E-state index in [2.05, 4.69) is 51.5 Å². The molecule has 2 aliphatic heterocycles. The van der Waals surface area contributed by atoms with E-state index in [0.717, 1.165) is 62.7 Å². The van der Waals surface area contributed by atoms with Crippen molar-refractivity contribution in [2.45, 2.75) is 26.4 Å². The number of hydrogen-bond donors (Lipinski definition) is 1. The molecule has 2 heterocycles. The van der Waals surface area contributed by atoms with E-state index in [1.54, 1.807) is 0 Å². The minimum Gasteiger partial charge on any atom is -0.348 e. The van der Waals surface area contributed by atoms with Crippen LogP contribution in [0.25, 0.3) is 0 Å². The quantitative estimate of drug-likeness (QED) is 0.803. The summed E-state index contributed by atoms with van der Waals surface area (Å²) in [6.45, 7) is 8.91. The van der Waals surface area contributed by atoms with Crippen LogP contribution in [0.2, 0.25) is 0 Å². The van der Waals surface area contributed by atoms with Crippen LogP contribution >= 0.6 is 0 Å². The SMILES string of the molecule is CC1=NN(c2ccc(C(=O)NCc3cccc(CN4CCN(C)CC4)c3)cc2)CC1. The molecular formula is C24H31N5O. The zero-order chi connectivity index (χ0) is 20.9. The predicted molar refractivity (Wildman–Crippen MR) is 122 cm³/mol. The van der Waals surface area contributed by atoms with Crippen LogP contribution in [0.3, 0.4) is 0 Å². The summed E-state index contributed by atoms with van der Waals surface area (Å²) in [5.41, 5.74) is 5.28. The standard InChI is InChI=1S/C24H31N5O/c1-19-10-11-29(26-19)23-8-6-22(7-9-23)24(30)25-17-20-4-3-5-21(16-20)18-28-14-12-27(2)13-15-28/h3-9,16H,10-15,17-18H2,1-2H3,(H,25,30). The smallest absolute Gasteiger partial charge is 0.251 e. The van der Waals surface area contributed by atoms with Crippen LogP contribution in [0.5, 0.6) is 0 Å². The zero-order valence-electron chi connectivity index (χ0n) is 18.0. The fraction of sp³-hybridized carbons (Fsp3) is 0.417. The summed E-state index contributed by atoms with van der Waals surface area (Å²) in [6, 6.07) is 16.2. The molecule has 1 N–H and O–H groups in total. The Morgan fingerprint density at radius 3 is 2.43 bits per heavy atom. The van der Waals surface area contributed by atoms with E-state index < -0.39 is 0 Å². The Balaban J connectivity index is 1.30. The van der Waals surface area contributed by atoms with E-state index in [-0.39, 0.29) is 5.91 Å². The average molecular weight is 406 g/mol. The maximum Gasteiger partial charge on any atom is 0.251 e. The third-order valence-corrected chi connectivity index (χ3v) is 5.85. The first-order valence-corrected chi connectivity index (χ1v) is 10.8. The third-order valence-electron chi connectivity index (χ3n) is 5.85. The molecular weight excluding hydrogens is 374 g/mol. The van der Waals surface area contributed by atoms with Crippen molar-refractivity contribution < 1.29 is 4.79 Å². The van der Waals surface area contributed by atoms with E-state index in [9.17, 15) is 4.79 Å². The lowest BCUT2D eigenvalue weighted by atomic mass is 10.1. The Morgan fingerprint density at radius 2 is 1.73 bits per heavy atom. The Morgan fingerprint density at radius 1 is 1.00 bits per heavy atom. The number of anilines is 1. The molecule has 1 amide bonds. The van der Waals surface area contributed by atoms with Crippen LogP contribution in [0.1, 0.15) is 34.8 Å². The van der Waals surface area contributed by atoms with E-state index in [1.165, 1.54) is 5.56 Å². The molecule has 0 unspecified atom stereocenters. The van der Waals surface area contributed by atoms with Gasteiger partial charge in [0.2, 0.25) is 0 Å². The summed E-state index contributed by atoms with van der Waals surface area (Å²) >= 11 is 0. The van der Waals surface area contributed by atoms with Gasteiger partial charge in [0.25, 0.3) is 5.91 Å². The number of likely N-dealkylation sites (N-methyl/N-ethyl adjacent to an activating group) is 1. The number of rotatable bonds is 6. The van der Waals surface area contributed by atoms with Crippen molar-refractivity contribution in [1.29, 1.82) is 0 Å². The molecule has 0 bridgehead atoms. The molecule has 2 aromatic carbocycles. The second kappa shape index (κ2) is 9.41. The highest BCUT2D eigenvalue weighted by Crippen LogP contribution is 2.20. The maximum absolute atomic E-state index is 12.6. The summed E-state index contributed by atoms with van der Waals surface area (Å²) in [4.78, 5) is 17.4. The van der Waals surface area contributed by atoms with E-state index >= 15 is 0 Å². The summed E-state index contributed by atoms with van der Waals surface area (Å²) < 4.78 is 0. The van der Waals surface area contributed by atoms with Crippen molar-refractivity contribution in [1.82, 2.24) is 15.1 Å². The minimum absolute atomic E-state index is 0.0490. The molecule has 0 aromatic heterocycles. The molecule has 0 radical (unpaired) electrons. The van der Waals surface area contributed by atoms with Crippen molar-refractivity contribution >= 4 is 17.3 Å². The van der Waals surface area contributed by atoms with Gasteiger partial charge in [0.15, 0.2) is 0 Å². The molecule has 4 rings (SSSR count). The maximum atomic E-state index is 12.6. The van der Waals surface area contributed by atoms with Crippen LogP contribution in [-0.2, 0) is 13.1 Å². The van der Waals surface area contributed by atoms with Crippen LogP contribution in [0.15, 0.2) is 53.6 Å². The number of amides is 1. The molecule has 158 valence electrons. The first kappa shape index (κ1) is 20.6. The fourth-order valence-corrected chi connectivity index (χ4v) is 3.93. The Bertz CT molecular complexity index is 900. The Labute approximate surface area is 179 Å². The second-order valence-electron chi connectivity index (χ2n) is 8.34. The molecule has 6 heteroatoms. The molecule has 0 spiro atoms. The number of nitrogens with one attached hydrogen (secondary N) is 1. The highest BCUT2D eigenvalue weighted by molar-refractivity contribution is 5.94. The van der Waals surface area contributed by atoms with Gasteiger partial charge < -0.3 is 10.2 Å². The average Bonchev–Trinajstić information content (AvgIpc) is 3.20. The van der Waals surface area contributed by atoms with Gasteiger partial charge in [-0.05, 0) is 49.4 Å². The highest BCUT2D eigenvalue weighted by Gasteiger charge is 2.15. The van der Waals surface area contributed by atoms with E-state index in [4.69, 9.17) is 0 Å². The lowest BCUT2D eigenvalue weighted by molar-refractivity contribution is 0.0951. The van der Waals surface area contributed by atoms with Crippen molar-refractivity contribution in [3.8, 4) is 0 Å². The van der Waals surface area contributed by atoms with Crippen molar-refractivity contribution in [2.75, 3.05) is 44.8 Å². The third kappa shape index (κ3) is 5.26. The molecule has 2 aliphatic rings. The molecule has 0 atom stereocenters. The summed E-state index contributed by atoms with van der Waals surface area (Å²) in [7, 11) is 2.18. The van der Waals surface area contributed by atoms with Crippen molar-refractivity contribution in [3.05, 3.63) is 65.2 Å². The highest BCUT2D eigenvalue weighted by atomic mass is 16.1. The lowest BCUT2D eigenvalue weighted by Crippen LogP contribution is -2.43. The van der Waals surface area contributed by atoms with Gasteiger partial charge in [-0.1, -0.05) is 24.3 Å². The first-order chi connectivity index (χ1) is 14.6. The monoisotopic (exact) mass is 405 g/mol. The largest absolute Gasteiger partial charge is 0.348 e. The van der Waals surface area contributed by atoms with Crippen LogP contribution in [0.4, 0.5) is 5.69 Å². The lowest BCUT2D eigenvalue weighted by Gasteiger charge is -2.32. The number of nitrogens with zero attached hydrogens (tertiary/aromatic N) is 4. The molecule has 0 aliphatic carbocycles. The summed E-state index contributed by atoms with van der Waals surface area (Å²) in [6.07, 6.45) is 0.996. The second-order valence-corrected chi connectivity index (χ2v) is 8.34. The number of hydrogen-bond acceptors (Lipinski definition) is 5. The number of carbonyl (C=O) groups is 1. The van der Waals surface area contributed by atoms with Gasteiger partial charge in [0, 0.05) is 63.5 Å². The number of carbonyl (C=O) groups excluding carboxylic acids is 1. The van der Waals surface area contributed by atoms with Gasteiger partial charge in [-0.3, -0.25) is 14.7 Å². The normalized spacial score (nSPS) is 17.8. The molecule has 30 heavy (non-hydrogen) atoms. The molecule has 2 aromatic rings. The topological polar surface area (TPSA) is 51.2 Å². The summed E-state index contributed by atoms with van der Waals surface area (Å²) in [5, 5.41) is 9.54. The molecule has 6 nitrogen and oxygen atoms in total. The molecule has 1 fully saturated rings. The number of benzene rings is 2. The van der Waals surface area contributed by atoms with Gasteiger partial charge in [0.05, 0.1) is 5.69 Å².